The van der Waals surface area contributed by atoms with Crippen molar-refractivity contribution >= 4 is 16.3 Å². The Hall–Kier alpha value is -0.420. The molecule has 0 bridgehead atoms. The lowest BCUT2D eigenvalue weighted by molar-refractivity contribution is -0.107. The Balaban J connectivity index is 3.29. The monoisotopic (exact) mass is 165 g/mol. The normalized spacial score (nSPS) is 11.3. The lowest BCUT2D eigenvalue weighted by atomic mass is 10.3. The van der Waals surface area contributed by atoms with E-state index in [1.54, 1.807) is 0 Å². The topological polar surface area (TPSA) is 77.2 Å². The van der Waals surface area contributed by atoms with E-state index in [9.17, 15) is 13.2 Å². The Morgan fingerprint density at radius 2 is 1.90 bits per heavy atom. The minimum Gasteiger partial charge on any atom is -0.303 e. The van der Waals surface area contributed by atoms with Crippen LogP contribution in [0.15, 0.2) is 0 Å². The molecule has 5 heteroatoms. The molecule has 0 amide bonds. The van der Waals surface area contributed by atoms with Crippen LogP contribution in [0.4, 0.5) is 0 Å². The van der Waals surface area contributed by atoms with Crippen molar-refractivity contribution < 1.29 is 13.2 Å². The molecule has 0 unspecified atom stereocenters. The first kappa shape index (κ1) is 9.58. The highest BCUT2D eigenvalue weighted by atomic mass is 32.2. The standard InChI is InChI=1S/C5H11NO3S/c6-10(8,9)5-3-1-2-4-7/h4H,1-3,5H2,(H2,6,8,9). The van der Waals surface area contributed by atoms with Crippen LogP contribution < -0.4 is 5.14 Å². The number of hydrogen-bond donors (Lipinski definition) is 1. The van der Waals surface area contributed by atoms with Crippen molar-refractivity contribution in [1.29, 1.82) is 0 Å². The lowest BCUT2D eigenvalue weighted by Crippen LogP contribution is -2.16. The SMILES string of the molecule is NS(=O)(=O)CCCCC=O. The van der Waals surface area contributed by atoms with Crippen LogP contribution >= 0.6 is 0 Å². The van der Waals surface area contributed by atoms with Gasteiger partial charge in [-0.05, 0) is 12.8 Å². The van der Waals surface area contributed by atoms with E-state index in [1.807, 2.05) is 0 Å². The van der Waals surface area contributed by atoms with Crippen LogP contribution in [-0.4, -0.2) is 20.5 Å². The summed E-state index contributed by atoms with van der Waals surface area (Å²) in [6.45, 7) is 0. The zero-order valence-corrected chi connectivity index (χ0v) is 6.43. The molecule has 4 nitrogen and oxygen atoms in total. The zero-order chi connectivity index (χ0) is 8.04. The Kier molecular flexibility index (Phi) is 4.22. The molecule has 0 aromatic carbocycles. The maximum atomic E-state index is 10.3. The van der Waals surface area contributed by atoms with E-state index in [1.165, 1.54) is 0 Å². The molecule has 0 aliphatic heterocycles. The molecule has 10 heavy (non-hydrogen) atoms. The summed E-state index contributed by atoms with van der Waals surface area (Å²) in [4.78, 5) is 9.75. The van der Waals surface area contributed by atoms with Crippen molar-refractivity contribution in [2.75, 3.05) is 5.75 Å². The molecule has 0 heterocycles. The van der Waals surface area contributed by atoms with Gasteiger partial charge in [0.05, 0.1) is 5.75 Å². The fourth-order valence-electron chi connectivity index (χ4n) is 0.531. The van der Waals surface area contributed by atoms with Crippen LogP contribution in [0.25, 0.3) is 0 Å². The molecule has 0 radical (unpaired) electrons. The highest BCUT2D eigenvalue weighted by Crippen LogP contribution is 1.93. The van der Waals surface area contributed by atoms with Crippen molar-refractivity contribution in [2.45, 2.75) is 19.3 Å². The Morgan fingerprint density at radius 3 is 2.30 bits per heavy atom. The summed E-state index contributed by atoms with van der Waals surface area (Å²) in [6, 6.07) is 0. The molecule has 0 aliphatic rings. The van der Waals surface area contributed by atoms with Gasteiger partial charge >= 0.3 is 0 Å². The van der Waals surface area contributed by atoms with Crippen molar-refractivity contribution in [3.63, 3.8) is 0 Å². The molecular weight excluding hydrogens is 154 g/mol. The summed E-state index contributed by atoms with van der Waals surface area (Å²) in [5.74, 6) is -0.0269. The predicted octanol–water partition coefficient (Wildman–Crippen LogP) is -0.356. The Labute approximate surface area is 60.5 Å². The summed E-state index contributed by atoms with van der Waals surface area (Å²) in [6.07, 6.45) is 2.25. The number of nitrogens with two attached hydrogens (primary N) is 1. The first-order valence-corrected chi connectivity index (χ1v) is 4.72. The van der Waals surface area contributed by atoms with Crippen molar-refractivity contribution in [3.05, 3.63) is 0 Å². The smallest absolute Gasteiger partial charge is 0.209 e. The summed E-state index contributed by atoms with van der Waals surface area (Å²) in [5, 5.41) is 4.70. The van der Waals surface area contributed by atoms with Gasteiger partial charge in [-0.3, -0.25) is 0 Å². The minimum atomic E-state index is -3.32. The van der Waals surface area contributed by atoms with Gasteiger partial charge in [-0.1, -0.05) is 0 Å². The molecule has 0 saturated carbocycles. The van der Waals surface area contributed by atoms with Gasteiger partial charge in [0.2, 0.25) is 10.0 Å². The van der Waals surface area contributed by atoms with E-state index in [-0.39, 0.29) is 5.75 Å². The summed E-state index contributed by atoms with van der Waals surface area (Å²) in [5.41, 5.74) is 0. The highest BCUT2D eigenvalue weighted by molar-refractivity contribution is 7.89. The Morgan fingerprint density at radius 1 is 1.30 bits per heavy atom. The summed E-state index contributed by atoms with van der Waals surface area (Å²) >= 11 is 0. The van der Waals surface area contributed by atoms with Gasteiger partial charge in [0.15, 0.2) is 0 Å². The van der Waals surface area contributed by atoms with Gasteiger partial charge in [-0.2, -0.15) is 0 Å². The molecule has 2 N–H and O–H groups in total. The molecule has 60 valence electrons. The number of hydrogen-bond acceptors (Lipinski definition) is 3. The van der Waals surface area contributed by atoms with Crippen molar-refractivity contribution in [1.82, 2.24) is 0 Å². The van der Waals surface area contributed by atoms with Crippen LogP contribution in [0.1, 0.15) is 19.3 Å². The number of unbranched alkanes of at least 4 members (excludes halogenated alkanes) is 2. The summed E-state index contributed by atoms with van der Waals surface area (Å²) < 4.78 is 20.6. The Bertz CT molecular complexity index is 185. The molecule has 0 rings (SSSR count). The van der Waals surface area contributed by atoms with Crippen LogP contribution in [0.5, 0.6) is 0 Å². The average Bonchev–Trinajstić information content (AvgIpc) is 1.78. The minimum absolute atomic E-state index is 0.0269. The first-order valence-electron chi connectivity index (χ1n) is 3.00. The van der Waals surface area contributed by atoms with E-state index < -0.39 is 10.0 Å². The number of carbonyl (C=O) groups excluding carboxylic acids is 1. The van der Waals surface area contributed by atoms with Gasteiger partial charge in [0.1, 0.15) is 6.29 Å². The second-order valence-electron chi connectivity index (χ2n) is 2.03. The fourth-order valence-corrected chi connectivity index (χ4v) is 1.14. The highest BCUT2D eigenvalue weighted by Gasteiger charge is 2.00. The molecule has 0 aromatic rings. The maximum absolute atomic E-state index is 10.3. The number of carbonyl (C=O) groups is 1. The van der Waals surface area contributed by atoms with Crippen LogP contribution in [0.2, 0.25) is 0 Å². The number of sulfonamides is 1. The fraction of sp³-hybridized carbons (Fsp3) is 0.800. The van der Waals surface area contributed by atoms with Crippen LogP contribution in [0.3, 0.4) is 0 Å². The van der Waals surface area contributed by atoms with Crippen molar-refractivity contribution in [3.8, 4) is 0 Å². The van der Waals surface area contributed by atoms with Crippen LogP contribution in [-0.2, 0) is 14.8 Å². The predicted molar refractivity (Wildman–Crippen MR) is 37.9 cm³/mol. The van der Waals surface area contributed by atoms with E-state index in [2.05, 4.69) is 0 Å². The molecule has 0 atom stereocenters. The van der Waals surface area contributed by atoms with Gasteiger partial charge < -0.3 is 4.79 Å². The third kappa shape index (κ3) is 7.58. The van der Waals surface area contributed by atoms with Gasteiger partial charge in [0.25, 0.3) is 0 Å². The number of rotatable bonds is 5. The molecule has 0 fully saturated rings. The zero-order valence-electron chi connectivity index (χ0n) is 5.62. The number of aldehydes is 1. The van der Waals surface area contributed by atoms with Gasteiger partial charge in [-0.25, -0.2) is 13.6 Å². The third-order valence-electron chi connectivity index (χ3n) is 1.00. The van der Waals surface area contributed by atoms with Gasteiger partial charge in [0, 0.05) is 6.42 Å². The molecule has 0 aliphatic carbocycles. The molecule has 0 spiro atoms. The average molecular weight is 165 g/mol. The lowest BCUT2D eigenvalue weighted by Gasteiger charge is -1.93. The maximum Gasteiger partial charge on any atom is 0.209 e. The second-order valence-corrected chi connectivity index (χ2v) is 3.76. The summed E-state index contributed by atoms with van der Waals surface area (Å²) in [7, 11) is -3.32. The van der Waals surface area contributed by atoms with E-state index >= 15 is 0 Å². The van der Waals surface area contributed by atoms with E-state index in [0.29, 0.717) is 19.3 Å². The molecule has 0 aromatic heterocycles. The van der Waals surface area contributed by atoms with Crippen molar-refractivity contribution in [2.24, 2.45) is 5.14 Å². The molecule has 0 saturated heterocycles. The van der Waals surface area contributed by atoms with E-state index in [4.69, 9.17) is 5.14 Å². The molecular formula is C5H11NO3S. The second kappa shape index (κ2) is 4.40. The number of primary sulfonamides is 1. The largest absolute Gasteiger partial charge is 0.303 e. The van der Waals surface area contributed by atoms with E-state index in [0.717, 1.165) is 6.29 Å². The quantitative estimate of drug-likeness (QED) is 0.446. The van der Waals surface area contributed by atoms with Gasteiger partial charge in [-0.15, -0.1) is 0 Å². The third-order valence-corrected chi connectivity index (χ3v) is 1.86. The first-order chi connectivity index (χ1) is 4.56. The van der Waals surface area contributed by atoms with Crippen LogP contribution in [0, 0.1) is 0 Å².